The van der Waals surface area contributed by atoms with Gasteiger partial charge in [0.2, 0.25) is 0 Å². The first-order chi connectivity index (χ1) is 9.11. The number of nitrogens with one attached hydrogen (secondary N) is 1. The van der Waals surface area contributed by atoms with Crippen molar-refractivity contribution in [1.29, 1.82) is 0 Å². The molecule has 1 aromatic carbocycles. The first kappa shape index (κ1) is 13.8. The molecular formula is C16H23N3. The first-order valence-corrected chi connectivity index (χ1v) is 6.91. The zero-order valence-corrected chi connectivity index (χ0v) is 12.3. The van der Waals surface area contributed by atoms with Crippen molar-refractivity contribution in [2.45, 2.75) is 39.8 Å². The standard InChI is InChI=1S/C16H23N3/c1-5-14-6-8-15(9-7-14)10-17-12(2)16-11-18-19(4)13(16)3/h6-9,11-12,17H,5,10H2,1-4H3. The number of aromatic nitrogens is 2. The average Bonchev–Trinajstić information content (AvgIpc) is 2.77. The highest BCUT2D eigenvalue weighted by Crippen LogP contribution is 2.16. The van der Waals surface area contributed by atoms with E-state index in [-0.39, 0.29) is 0 Å². The monoisotopic (exact) mass is 257 g/mol. The third-order valence-electron chi connectivity index (χ3n) is 3.78. The van der Waals surface area contributed by atoms with Crippen molar-refractivity contribution in [1.82, 2.24) is 15.1 Å². The van der Waals surface area contributed by atoms with Crippen molar-refractivity contribution in [3.05, 3.63) is 52.8 Å². The van der Waals surface area contributed by atoms with Crippen LogP contribution in [0, 0.1) is 6.92 Å². The quantitative estimate of drug-likeness (QED) is 0.891. The van der Waals surface area contributed by atoms with E-state index in [0.717, 1.165) is 13.0 Å². The van der Waals surface area contributed by atoms with Gasteiger partial charge in [0.05, 0.1) is 6.20 Å². The molecule has 19 heavy (non-hydrogen) atoms. The van der Waals surface area contributed by atoms with Gasteiger partial charge in [0, 0.05) is 30.9 Å². The van der Waals surface area contributed by atoms with Crippen molar-refractivity contribution in [2.24, 2.45) is 7.05 Å². The second-order valence-corrected chi connectivity index (χ2v) is 5.08. The van der Waals surface area contributed by atoms with Crippen LogP contribution in [0.1, 0.15) is 42.3 Å². The molecule has 0 fully saturated rings. The van der Waals surface area contributed by atoms with Gasteiger partial charge in [-0.2, -0.15) is 5.10 Å². The largest absolute Gasteiger partial charge is 0.306 e. The van der Waals surface area contributed by atoms with Gasteiger partial charge in [0.1, 0.15) is 0 Å². The molecule has 3 heteroatoms. The molecule has 3 nitrogen and oxygen atoms in total. The fourth-order valence-corrected chi connectivity index (χ4v) is 2.21. The van der Waals surface area contributed by atoms with Crippen LogP contribution in [0.2, 0.25) is 0 Å². The Kier molecular flexibility index (Phi) is 4.38. The van der Waals surface area contributed by atoms with Crippen LogP contribution in [-0.4, -0.2) is 9.78 Å². The zero-order valence-electron chi connectivity index (χ0n) is 12.3. The van der Waals surface area contributed by atoms with Gasteiger partial charge in [0.25, 0.3) is 0 Å². The van der Waals surface area contributed by atoms with Crippen LogP contribution in [0.3, 0.4) is 0 Å². The predicted octanol–water partition coefficient (Wildman–Crippen LogP) is 3.14. The highest BCUT2D eigenvalue weighted by Gasteiger charge is 2.11. The van der Waals surface area contributed by atoms with Gasteiger partial charge in [-0.1, -0.05) is 31.2 Å². The first-order valence-electron chi connectivity index (χ1n) is 6.91. The maximum atomic E-state index is 4.29. The molecular weight excluding hydrogens is 234 g/mol. The fourth-order valence-electron chi connectivity index (χ4n) is 2.21. The number of nitrogens with zero attached hydrogens (tertiary/aromatic N) is 2. The topological polar surface area (TPSA) is 29.9 Å². The lowest BCUT2D eigenvalue weighted by molar-refractivity contribution is 0.570. The lowest BCUT2D eigenvalue weighted by Crippen LogP contribution is -2.18. The molecule has 1 heterocycles. The number of aryl methyl sites for hydroxylation is 2. The molecule has 2 rings (SSSR count). The summed E-state index contributed by atoms with van der Waals surface area (Å²) >= 11 is 0. The molecule has 1 atom stereocenters. The Hall–Kier alpha value is -1.61. The molecule has 2 aromatic rings. The Morgan fingerprint density at radius 3 is 2.37 bits per heavy atom. The highest BCUT2D eigenvalue weighted by atomic mass is 15.3. The minimum atomic E-state index is 0.319. The molecule has 1 aromatic heterocycles. The van der Waals surface area contributed by atoms with E-state index in [4.69, 9.17) is 0 Å². The van der Waals surface area contributed by atoms with Gasteiger partial charge in [0.15, 0.2) is 0 Å². The van der Waals surface area contributed by atoms with Crippen molar-refractivity contribution in [2.75, 3.05) is 0 Å². The van der Waals surface area contributed by atoms with Crippen molar-refractivity contribution in [3.8, 4) is 0 Å². The van der Waals surface area contributed by atoms with Gasteiger partial charge in [-0.15, -0.1) is 0 Å². The molecule has 0 amide bonds. The van der Waals surface area contributed by atoms with Crippen LogP contribution in [0.4, 0.5) is 0 Å². The third kappa shape index (κ3) is 3.24. The van der Waals surface area contributed by atoms with E-state index >= 15 is 0 Å². The molecule has 0 aliphatic rings. The minimum absolute atomic E-state index is 0.319. The van der Waals surface area contributed by atoms with E-state index in [0.29, 0.717) is 6.04 Å². The smallest absolute Gasteiger partial charge is 0.0540 e. The summed E-state index contributed by atoms with van der Waals surface area (Å²) < 4.78 is 1.92. The minimum Gasteiger partial charge on any atom is -0.306 e. The van der Waals surface area contributed by atoms with Gasteiger partial charge in [-0.3, -0.25) is 4.68 Å². The summed E-state index contributed by atoms with van der Waals surface area (Å²) in [6.07, 6.45) is 3.05. The SMILES string of the molecule is CCc1ccc(CNC(C)c2cnn(C)c2C)cc1. The predicted molar refractivity (Wildman–Crippen MR) is 79.0 cm³/mol. The van der Waals surface area contributed by atoms with Crippen LogP contribution >= 0.6 is 0 Å². The zero-order chi connectivity index (χ0) is 13.8. The summed E-state index contributed by atoms with van der Waals surface area (Å²) in [7, 11) is 1.98. The summed E-state index contributed by atoms with van der Waals surface area (Å²) in [5.41, 5.74) is 5.21. The molecule has 1 unspecified atom stereocenters. The maximum Gasteiger partial charge on any atom is 0.0540 e. The van der Waals surface area contributed by atoms with Gasteiger partial charge < -0.3 is 5.32 Å². The normalized spacial score (nSPS) is 12.6. The number of benzene rings is 1. The van der Waals surface area contributed by atoms with E-state index < -0.39 is 0 Å². The van der Waals surface area contributed by atoms with E-state index in [2.05, 4.69) is 55.5 Å². The van der Waals surface area contributed by atoms with E-state index in [1.54, 1.807) is 0 Å². The van der Waals surface area contributed by atoms with Gasteiger partial charge >= 0.3 is 0 Å². The fraction of sp³-hybridized carbons (Fsp3) is 0.438. The third-order valence-corrected chi connectivity index (χ3v) is 3.78. The summed E-state index contributed by atoms with van der Waals surface area (Å²) in [5.74, 6) is 0. The second kappa shape index (κ2) is 6.02. The molecule has 0 saturated heterocycles. The Morgan fingerprint density at radius 2 is 1.84 bits per heavy atom. The summed E-state index contributed by atoms with van der Waals surface area (Å²) in [5, 5.41) is 7.85. The van der Waals surface area contributed by atoms with Crippen molar-refractivity contribution < 1.29 is 0 Å². The Bertz CT molecular complexity index is 525. The van der Waals surface area contributed by atoms with E-state index in [9.17, 15) is 0 Å². The van der Waals surface area contributed by atoms with Crippen molar-refractivity contribution in [3.63, 3.8) is 0 Å². The van der Waals surface area contributed by atoms with Gasteiger partial charge in [-0.25, -0.2) is 0 Å². The van der Waals surface area contributed by atoms with Crippen LogP contribution in [0.25, 0.3) is 0 Å². The van der Waals surface area contributed by atoms with Crippen LogP contribution in [-0.2, 0) is 20.0 Å². The molecule has 0 saturated carbocycles. The lowest BCUT2D eigenvalue weighted by Gasteiger charge is -2.14. The van der Waals surface area contributed by atoms with E-state index in [1.165, 1.54) is 22.4 Å². The van der Waals surface area contributed by atoms with Crippen LogP contribution in [0.15, 0.2) is 30.5 Å². The second-order valence-electron chi connectivity index (χ2n) is 5.08. The lowest BCUT2D eigenvalue weighted by atomic mass is 10.1. The number of rotatable bonds is 5. The van der Waals surface area contributed by atoms with E-state index in [1.807, 2.05) is 17.9 Å². The molecule has 102 valence electrons. The molecule has 0 bridgehead atoms. The summed E-state index contributed by atoms with van der Waals surface area (Å²) in [6.45, 7) is 7.36. The highest BCUT2D eigenvalue weighted by molar-refractivity contribution is 5.23. The van der Waals surface area contributed by atoms with Crippen molar-refractivity contribution >= 4 is 0 Å². The number of hydrogen-bond donors (Lipinski definition) is 1. The Labute approximate surface area is 115 Å². The molecule has 0 spiro atoms. The summed E-state index contributed by atoms with van der Waals surface area (Å²) in [4.78, 5) is 0. The Morgan fingerprint density at radius 1 is 1.21 bits per heavy atom. The van der Waals surface area contributed by atoms with Gasteiger partial charge in [-0.05, 0) is 31.4 Å². The van der Waals surface area contributed by atoms with Crippen LogP contribution < -0.4 is 5.32 Å². The number of hydrogen-bond acceptors (Lipinski definition) is 2. The van der Waals surface area contributed by atoms with Crippen LogP contribution in [0.5, 0.6) is 0 Å². The summed E-state index contributed by atoms with van der Waals surface area (Å²) in [6, 6.07) is 9.14. The molecule has 0 aliphatic carbocycles. The molecule has 0 aliphatic heterocycles. The maximum absolute atomic E-state index is 4.29. The Balaban J connectivity index is 1.96. The molecule has 1 N–H and O–H groups in total. The molecule has 0 radical (unpaired) electrons. The average molecular weight is 257 g/mol.